The van der Waals surface area contributed by atoms with Crippen molar-refractivity contribution in [2.75, 3.05) is 13.1 Å². The normalized spacial score (nSPS) is 10.0. The highest BCUT2D eigenvalue weighted by molar-refractivity contribution is 5.94. The molecule has 5 nitrogen and oxygen atoms in total. The van der Waals surface area contributed by atoms with E-state index in [0.717, 1.165) is 0 Å². The number of amides is 2. The van der Waals surface area contributed by atoms with E-state index in [9.17, 15) is 14.0 Å². The molecule has 2 N–H and O–H groups in total. The van der Waals surface area contributed by atoms with Gasteiger partial charge in [-0.1, -0.05) is 18.2 Å². The van der Waals surface area contributed by atoms with Crippen LogP contribution in [-0.2, 0) is 0 Å². The van der Waals surface area contributed by atoms with Crippen LogP contribution in [0.25, 0.3) is 0 Å². The Kier molecular flexibility index (Phi) is 5.59. The van der Waals surface area contributed by atoms with E-state index in [1.54, 1.807) is 30.5 Å². The van der Waals surface area contributed by atoms with Crippen molar-refractivity contribution in [3.63, 3.8) is 0 Å². The molecule has 22 heavy (non-hydrogen) atoms. The van der Waals surface area contributed by atoms with Crippen molar-refractivity contribution < 1.29 is 14.0 Å². The van der Waals surface area contributed by atoms with Crippen LogP contribution < -0.4 is 10.6 Å². The molecule has 114 valence electrons. The average Bonchev–Trinajstić information content (AvgIpc) is 2.55. The van der Waals surface area contributed by atoms with E-state index in [-0.39, 0.29) is 11.5 Å². The third-order valence-electron chi connectivity index (χ3n) is 2.94. The molecule has 2 rings (SSSR count). The first-order valence-corrected chi connectivity index (χ1v) is 6.90. The van der Waals surface area contributed by atoms with Crippen molar-refractivity contribution in [1.29, 1.82) is 0 Å². The maximum absolute atomic E-state index is 13.4. The molecule has 0 unspecified atom stereocenters. The van der Waals surface area contributed by atoms with Crippen molar-refractivity contribution in [1.82, 2.24) is 15.6 Å². The monoisotopic (exact) mass is 301 g/mol. The second kappa shape index (κ2) is 7.87. The predicted molar refractivity (Wildman–Crippen MR) is 79.9 cm³/mol. The quantitative estimate of drug-likeness (QED) is 0.799. The molecule has 0 saturated carbocycles. The second-order valence-corrected chi connectivity index (χ2v) is 4.56. The fraction of sp³-hybridized carbons (Fsp3) is 0.188. The smallest absolute Gasteiger partial charge is 0.269 e. The summed E-state index contributed by atoms with van der Waals surface area (Å²) in [5.41, 5.74) is 0.359. The minimum atomic E-state index is -0.552. The summed E-state index contributed by atoms with van der Waals surface area (Å²) in [6.45, 7) is 0.739. The van der Waals surface area contributed by atoms with Crippen LogP contribution in [0.15, 0.2) is 48.7 Å². The number of hydrogen-bond donors (Lipinski definition) is 2. The van der Waals surface area contributed by atoms with Gasteiger partial charge in [-0.25, -0.2) is 4.39 Å². The van der Waals surface area contributed by atoms with Gasteiger partial charge < -0.3 is 10.6 Å². The lowest BCUT2D eigenvalue weighted by Crippen LogP contribution is -2.30. The van der Waals surface area contributed by atoms with E-state index in [2.05, 4.69) is 15.6 Å². The summed E-state index contributed by atoms with van der Waals surface area (Å²) in [5.74, 6) is -1.28. The Morgan fingerprint density at radius 1 is 0.955 bits per heavy atom. The van der Waals surface area contributed by atoms with Crippen LogP contribution in [0.3, 0.4) is 0 Å². The van der Waals surface area contributed by atoms with Crippen molar-refractivity contribution in [2.45, 2.75) is 6.42 Å². The maximum atomic E-state index is 13.4. The van der Waals surface area contributed by atoms with Gasteiger partial charge in [0.15, 0.2) is 0 Å². The van der Waals surface area contributed by atoms with E-state index in [4.69, 9.17) is 0 Å². The van der Waals surface area contributed by atoms with Crippen LogP contribution in [0.5, 0.6) is 0 Å². The van der Waals surface area contributed by atoms with E-state index in [1.165, 1.54) is 18.2 Å². The van der Waals surface area contributed by atoms with Gasteiger partial charge in [0, 0.05) is 19.3 Å². The summed E-state index contributed by atoms with van der Waals surface area (Å²) < 4.78 is 13.4. The van der Waals surface area contributed by atoms with E-state index < -0.39 is 11.7 Å². The Balaban J connectivity index is 1.69. The molecule has 0 saturated heterocycles. The average molecular weight is 301 g/mol. The zero-order valence-electron chi connectivity index (χ0n) is 11.9. The molecule has 0 aliphatic heterocycles. The van der Waals surface area contributed by atoms with Crippen LogP contribution in [0.1, 0.15) is 27.3 Å². The fourth-order valence-electron chi connectivity index (χ4n) is 1.82. The minimum absolute atomic E-state index is 0.0139. The molecule has 0 aliphatic carbocycles. The summed E-state index contributed by atoms with van der Waals surface area (Å²) in [6, 6.07) is 10.9. The number of aromatic nitrogens is 1. The van der Waals surface area contributed by atoms with Crippen molar-refractivity contribution >= 4 is 11.8 Å². The molecule has 0 atom stereocenters. The van der Waals surface area contributed by atoms with Gasteiger partial charge in [0.2, 0.25) is 0 Å². The third-order valence-corrected chi connectivity index (χ3v) is 2.94. The Labute approximate surface area is 127 Å². The van der Waals surface area contributed by atoms with Crippen LogP contribution in [-0.4, -0.2) is 29.9 Å². The van der Waals surface area contributed by atoms with E-state index in [1.807, 2.05) is 0 Å². The van der Waals surface area contributed by atoms with Gasteiger partial charge in [0.25, 0.3) is 11.8 Å². The number of nitrogens with zero attached hydrogens (tertiary/aromatic N) is 1. The molecule has 2 amide bonds. The summed E-state index contributed by atoms with van der Waals surface area (Å²) in [6.07, 6.45) is 2.09. The number of carbonyl (C=O) groups is 2. The lowest BCUT2D eigenvalue weighted by molar-refractivity contribution is 0.0947. The van der Waals surface area contributed by atoms with Crippen molar-refractivity contribution in [3.05, 3.63) is 65.7 Å². The van der Waals surface area contributed by atoms with Gasteiger partial charge in [-0.15, -0.1) is 0 Å². The maximum Gasteiger partial charge on any atom is 0.269 e. The Morgan fingerprint density at radius 3 is 2.32 bits per heavy atom. The van der Waals surface area contributed by atoms with Crippen LogP contribution in [0, 0.1) is 5.82 Å². The van der Waals surface area contributed by atoms with Gasteiger partial charge in [-0.2, -0.15) is 0 Å². The molecule has 0 fully saturated rings. The largest absolute Gasteiger partial charge is 0.352 e. The van der Waals surface area contributed by atoms with Gasteiger partial charge in [-0.05, 0) is 30.7 Å². The van der Waals surface area contributed by atoms with Crippen LogP contribution in [0.2, 0.25) is 0 Å². The Hall–Kier alpha value is -2.76. The molecule has 0 aliphatic rings. The number of hydrogen-bond acceptors (Lipinski definition) is 3. The zero-order chi connectivity index (χ0) is 15.8. The molecule has 2 aromatic rings. The summed E-state index contributed by atoms with van der Waals surface area (Å²) in [7, 11) is 0. The van der Waals surface area contributed by atoms with Gasteiger partial charge in [0.05, 0.1) is 5.56 Å². The topological polar surface area (TPSA) is 71.1 Å². The zero-order valence-corrected chi connectivity index (χ0v) is 11.9. The van der Waals surface area contributed by atoms with Crippen LogP contribution >= 0.6 is 0 Å². The molecule has 1 aromatic heterocycles. The first-order chi connectivity index (χ1) is 10.7. The number of carbonyl (C=O) groups excluding carboxylic acids is 2. The number of nitrogens with one attached hydrogen (secondary N) is 2. The van der Waals surface area contributed by atoms with E-state index in [0.29, 0.717) is 25.2 Å². The first-order valence-electron chi connectivity index (χ1n) is 6.90. The molecule has 0 spiro atoms. The fourth-order valence-corrected chi connectivity index (χ4v) is 1.82. The highest BCUT2D eigenvalue weighted by Crippen LogP contribution is 2.05. The predicted octanol–water partition coefficient (Wildman–Crippen LogP) is 1.77. The van der Waals surface area contributed by atoms with Gasteiger partial charge >= 0.3 is 0 Å². The van der Waals surface area contributed by atoms with Crippen LogP contribution in [0.4, 0.5) is 4.39 Å². The second-order valence-electron chi connectivity index (χ2n) is 4.56. The molecular formula is C16H16FN3O2. The highest BCUT2D eigenvalue weighted by atomic mass is 19.1. The molecular weight excluding hydrogens is 285 g/mol. The Morgan fingerprint density at radius 2 is 1.64 bits per heavy atom. The number of benzene rings is 1. The molecule has 1 heterocycles. The molecule has 1 aromatic carbocycles. The standard InChI is InChI=1S/C16H16FN3O2/c17-13-7-2-1-6-12(13)15(21)19-10-5-11-20-16(22)14-8-3-4-9-18-14/h1-4,6-9H,5,10-11H2,(H,19,21)(H,20,22). The van der Waals surface area contributed by atoms with Gasteiger partial charge in [-0.3, -0.25) is 14.6 Å². The number of halogens is 1. The lowest BCUT2D eigenvalue weighted by atomic mass is 10.2. The minimum Gasteiger partial charge on any atom is -0.352 e. The first kappa shape index (κ1) is 15.6. The lowest BCUT2D eigenvalue weighted by Gasteiger charge is -2.07. The number of pyridine rings is 1. The summed E-state index contributed by atoms with van der Waals surface area (Å²) in [5, 5.41) is 5.30. The Bertz CT molecular complexity index is 647. The highest BCUT2D eigenvalue weighted by Gasteiger charge is 2.10. The molecule has 0 radical (unpaired) electrons. The van der Waals surface area contributed by atoms with E-state index >= 15 is 0 Å². The summed E-state index contributed by atoms with van der Waals surface area (Å²) in [4.78, 5) is 27.4. The van der Waals surface area contributed by atoms with Crippen molar-refractivity contribution in [3.8, 4) is 0 Å². The number of rotatable bonds is 6. The van der Waals surface area contributed by atoms with Gasteiger partial charge in [0.1, 0.15) is 11.5 Å². The molecule has 6 heteroatoms. The SMILES string of the molecule is O=C(NCCCNC(=O)c1ccccc1F)c1ccccn1. The van der Waals surface area contributed by atoms with Crippen molar-refractivity contribution in [2.24, 2.45) is 0 Å². The molecule has 0 bridgehead atoms. The third kappa shape index (κ3) is 4.37. The summed E-state index contributed by atoms with van der Waals surface area (Å²) >= 11 is 0.